The van der Waals surface area contributed by atoms with E-state index in [1.807, 2.05) is 28.8 Å². The topological polar surface area (TPSA) is 47.2 Å². The molecule has 0 unspecified atom stereocenters. The highest BCUT2D eigenvalue weighted by Crippen LogP contribution is 2.05. The third-order valence-electron chi connectivity index (χ3n) is 3.36. The standard InChI is InChI=1S/C15H19N5/c1-2-8-19-9-5-6-13(19)11-16-12-15-18-17-14-7-3-4-10-20(14)15/h3-7,9-10,16H,2,8,11-12H2,1H3. The van der Waals surface area contributed by atoms with Gasteiger partial charge in [0.1, 0.15) is 0 Å². The van der Waals surface area contributed by atoms with Gasteiger partial charge < -0.3 is 9.88 Å². The second-order valence-corrected chi connectivity index (χ2v) is 4.84. The average molecular weight is 269 g/mol. The predicted octanol–water partition coefficient (Wildman–Crippen LogP) is 2.23. The highest BCUT2D eigenvalue weighted by Gasteiger charge is 2.04. The lowest BCUT2D eigenvalue weighted by molar-refractivity contribution is 0.591. The largest absolute Gasteiger partial charge is 0.350 e. The van der Waals surface area contributed by atoms with Crippen LogP contribution in [-0.2, 0) is 19.6 Å². The van der Waals surface area contributed by atoms with Crippen LogP contribution in [-0.4, -0.2) is 19.2 Å². The zero-order valence-corrected chi connectivity index (χ0v) is 11.7. The SMILES string of the molecule is CCCn1cccc1CNCc1nnc2ccccn12. The smallest absolute Gasteiger partial charge is 0.160 e. The molecule has 3 aromatic heterocycles. The molecule has 5 nitrogen and oxygen atoms in total. The van der Waals surface area contributed by atoms with Crippen molar-refractivity contribution in [2.45, 2.75) is 33.0 Å². The van der Waals surface area contributed by atoms with Gasteiger partial charge in [-0.1, -0.05) is 13.0 Å². The van der Waals surface area contributed by atoms with Crippen LogP contribution >= 0.6 is 0 Å². The lowest BCUT2D eigenvalue weighted by Crippen LogP contribution is -2.17. The lowest BCUT2D eigenvalue weighted by atomic mass is 10.4. The summed E-state index contributed by atoms with van der Waals surface area (Å²) in [4.78, 5) is 0. The number of nitrogens with zero attached hydrogens (tertiary/aromatic N) is 4. The number of nitrogens with one attached hydrogen (secondary N) is 1. The van der Waals surface area contributed by atoms with Gasteiger partial charge in [0.25, 0.3) is 0 Å². The highest BCUT2D eigenvalue weighted by atomic mass is 15.3. The summed E-state index contributed by atoms with van der Waals surface area (Å²) in [6.45, 7) is 4.81. The Bertz CT molecular complexity index is 682. The van der Waals surface area contributed by atoms with Crippen LogP contribution in [0.2, 0.25) is 0 Å². The minimum Gasteiger partial charge on any atom is -0.350 e. The molecule has 0 atom stereocenters. The van der Waals surface area contributed by atoms with Gasteiger partial charge in [-0.15, -0.1) is 10.2 Å². The monoisotopic (exact) mass is 269 g/mol. The number of aryl methyl sites for hydroxylation is 1. The van der Waals surface area contributed by atoms with Crippen LogP contribution < -0.4 is 5.32 Å². The fourth-order valence-electron chi connectivity index (χ4n) is 2.38. The predicted molar refractivity (Wildman–Crippen MR) is 78.3 cm³/mol. The Morgan fingerprint density at radius 2 is 2.00 bits per heavy atom. The van der Waals surface area contributed by atoms with Crippen LogP contribution in [0.3, 0.4) is 0 Å². The lowest BCUT2D eigenvalue weighted by Gasteiger charge is -2.08. The fraction of sp³-hybridized carbons (Fsp3) is 0.333. The molecule has 0 aliphatic carbocycles. The van der Waals surface area contributed by atoms with Gasteiger partial charge in [-0.25, -0.2) is 0 Å². The molecule has 5 heteroatoms. The first-order chi connectivity index (χ1) is 9.88. The summed E-state index contributed by atoms with van der Waals surface area (Å²) >= 11 is 0. The Morgan fingerprint density at radius 1 is 1.05 bits per heavy atom. The van der Waals surface area contributed by atoms with E-state index in [2.05, 4.69) is 45.3 Å². The maximum atomic E-state index is 4.22. The first kappa shape index (κ1) is 12.9. The highest BCUT2D eigenvalue weighted by molar-refractivity contribution is 5.36. The van der Waals surface area contributed by atoms with Crippen molar-refractivity contribution in [1.82, 2.24) is 24.5 Å². The van der Waals surface area contributed by atoms with Crippen LogP contribution in [0, 0.1) is 0 Å². The fourth-order valence-corrected chi connectivity index (χ4v) is 2.38. The van der Waals surface area contributed by atoms with E-state index in [-0.39, 0.29) is 0 Å². The Hall–Kier alpha value is -2.14. The summed E-state index contributed by atoms with van der Waals surface area (Å²) in [5, 5.41) is 11.8. The molecule has 20 heavy (non-hydrogen) atoms. The quantitative estimate of drug-likeness (QED) is 0.746. The zero-order chi connectivity index (χ0) is 13.8. The summed E-state index contributed by atoms with van der Waals surface area (Å²) < 4.78 is 4.30. The Kier molecular flexibility index (Phi) is 3.78. The van der Waals surface area contributed by atoms with E-state index in [1.54, 1.807) is 0 Å². The first-order valence-corrected chi connectivity index (χ1v) is 7.02. The van der Waals surface area contributed by atoms with E-state index < -0.39 is 0 Å². The van der Waals surface area contributed by atoms with Crippen LogP contribution in [0.15, 0.2) is 42.7 Å². The van der Waals surface area contributed by atoms with Crippen LogP contribution in [0.5, 0.6) is 0 Å². The maximum Gasteiger partial charge on any atom is 0.160 e. The molecule has 0 aromatic carbocycles. The molecule has 0 aliphatic heterocycles. The normalized spacial score (nSPS) is 11.2. The minimum atomic E-state index is 0.711. The third-order valence-corrected chi connectivity index (χ3v) is 3.36. The van der Waals surface area contributed by atoms with Crippen molar-refractivity contribution >= 4 is 5.65 Å². The van der Waals surface area contributed by atoms with Crippen molar-refractivity contribution in [1.29, 1.82) is 0 Å². The van der Waals surface area contributed by atoms with E-state index in [0.717, 1.165) is 31.0 Å². The second-order valence-electron chi connectivity index (χ2n) is 4.84. The molecule has 0 saturated heterocycles. The molecule has 0 bridgehead atoms. The number of hydrogen-bond acceptors (Lipinski definition) is 3. The molecule has 104 valence electrons. The number of fused-ring (bicyclic) bond motifs is 1. The Morgan fingerprint density at radius 3 is 2.90 bits per heavy atom. The van der Waals surface area contributed by atoms with Crippen molar-refractivity contribution < 1.29 is 0 Å². The summed E-state index contributed by atoms with van der Waals surface area (Å²) in [6, 6.07) is 10.2. The van der Waals surface area contributed by atoms with Crippen molar-refractivity contribution in [3.8, 4) is 0 Å². The third kappa shape index (κ3) is 2.58. The van der Waals surface area contributed by atoms with Crippen molar-refractivity contribution in [3.63, 3.8) is 0 Å². The van der Waals surface area contributed by atoms with Gasteiger partial charge in [0, 0.05) is 31.2 Å². The van der Waals surface area contributed by atoms with Gasteiger partial charge in [0.15, 0.2) is 11.5 Å². The molecule has 3 rings (SSSR count). The Labute approximate surface area is 118 Å². The van der Waals surface area contributed by atoms with Gasteiger partial charge in [0.2, 0.25) is 0 Å². The molecule has 3 aromatic rings. The molecule has 0 fully saturated rings. The molecule has 0 radical (unpaired) electrons. The van der Waals surface area contributed by atoms with E-state index in [4.69, 9.17) is 0 Å². The molecular weight excluding hydrogens is 250 g/mol. The van der Waals surface area contributed by atoms with Gasteiger partial charge in [0.05, 0.1) is 6.54 Å². The van der Waals surface area contributed by atoms with Crippen LogP contribution in [0.25, 0.3) is 5.65 Å². The molecular formula is C15H19N5. The van der Waals surface area contributed by atoms with E-state index in [9.17, 15) is 0 Å². The molecule has 1 N–H and O–H groups in total. The summed E-state index contributed by atoms with van der Waals surface area (Å²) in [5.41, 5.74) is 2.19. The molecule has 3 heterocycles. The summed E-state index contributed by atoms with van der Waals surface area (Å²) in [6.07, 6.45) is 5.27. The summed E-state index contributed by atoms with van der Waals surface area (Å²) in [5.74, 6) is 0.939. The van der Waals surface area contributed by atoms with Crippen molar-refractivity contribution in [3.05, 3.63) is 54.2 Å². The van der Waals surface area contributed by atoms with E-state index in [1.165, 1.54) is 5.69 Å². The average Bonchev–Trinajstić information content (AvgIpc) is 3.07. The van der Waals surface area contributed by atoms with E-state index in [0.29, 0.717) is 6.54 Å². The van der Waals surface area contributed by atoms with E-state index >= 15 is 0 Å². The molecule has 0 saturated carbocycles. The molecule has 0 aliphatic rings. The van der Waals surface area contributed by atoms with Crippen molar-refractivity contribution in [2.24, 2.45) is 0 Å². The van der Waals surface area contributed by atoms with Crippen molar-refractivity contribution in [2.75, 3.05) is 0 Å². The number of pyridine rings is 1. The number of aromatic nitrogens is 4. The van der Waals surface area contributed by atoms with Crippen LogP contribution in [0.4, 0.5) is 0 Å². The van der Waals surface area contributed by atoms with Gasteiger partial charge in [-0.05, 0) is 30.7 Å². The Balaban J connectivity index is 1.64. The van der Waals surface area contributed by atoms with Crippen LogP contribution in [0.1, 0.15) is 24.9 Å². The first-order valence-electron chi connectivity index (χ1n) is 7.02. The second kappa shape index (κ2) is 5.88. The minimum absolute atomic E-state index is 0.711. The number of hydrogen-bond donors (Lipinski definition) is 1. The molecule has 0 amide bonds. The van der Waals surface area contributed by atoms with Gasteiger partial charge >= 0.3 is 0 Å². The molecule has 0 spiro atoms. The number of rotatable bonds is 6. The summed E-state index contributed by atoms with van der Waals surface area (Å²) in [7, 11) is 0. The van der Waals surface area contributed by atoms with Gasteiger partial charge in [-0.3, -0.25) is 4.40 Å². The van der Waals surface area contributed by atoms with Gasteiger partial charge in [-0.2, -0.15) is 0 Å². The zero-order valence-electron chi connectivity index (χ0n) is 11.7. The maximum absolute atomic E-state index is 4.22.